The predicted octanol–water partition coefficient (Wildman–Crippen LogP) is 6.72. The minimum Gasteiger partial charge on any atom is -0.489 e. The van der Waals surface area contributed by atoms with Gasteiger partial charge in [-0.3, -0.25) is 0 Å². The van der Waals surface area contributed by atoms with Crippen LogP contribution < -0.4 is 10.1 Å². The van der Waals surface area contributed by atoms with Gasteiger partial charge in [-0.1, -0.05) is 31.4 Å². The third-order valence-electron chi connectivity index (χ3n) is 5.66. The molecule has 2 aromatic carbocycles. The standard InChI is InChI=1S/C22H24F3NO.ClH/c23-22(24,25)20-12-15(6-8-19(20)16-4-2-1-3-5-16)14-27-18-7-9-21-17(13-18)10-11-26-21;/h6-9,12-13,16,26H,1-5,10-11,14H2;1H. The van der Waals surface area contributed by atoms with Crippen molar-refractivity contribution in [2.75, 3.05) is 11.9 Å². The maximum Gasteiger partial charge on any atom is 0.416 e. The van der Waals surface area contributed by atoms with Crippen LogP contribution in [-0.2, 0) is 19.2 Å². The number of rotatable bonds is 4. The van der Waals surface area contributed by atoms with Crippen LogP contribution in [0, 0.1) is 0 Å². The lowest BCUT2D eigenvalue weighted by atomic mass is 9.81. The van der Waals surface area contributed by atoms with Crippen molar-refractivity contribution in [2.45, 2.75) is 57.2 Å². The summed E-state index contributed by atoms with van der Waals surface area (Å²) in [6, 6.07) is 10.5. The summed E-state index contributed by atoms with van der Waals surface area (Å²) in [5.41, 5.74) is 2.82. The van der Waals surface area contributed by atoms with E-state index in [0.29, 0.717) is 16.9 Å². The minimum absolute atomic E-state index is 0. The molecule has 2 aliphatic rings. The van der Waals surface area contributed by atoms with Crippen molar-refractivity contribution in [1.29, 1.82) is 0 Å². The summed E-state index contributed by atoms with van der Waals surface area (Å²) in [6.07, 6.45) is 1.47. The van der Waals surface area contributed by atoms with Gasteiger partial charge in [-0.05, 0) is 66.1 Å². The maximum atomic E-state index is 13.6. The average Bonchev–Trinajstić information content (AvgIpc) is 3.14. The van der Waals surface area contributed by atoms with Gasteiger partial charge in [0.25, 0.3) is 0 Å². The van der Waals surface area contributed by atoms with E-state index in [1.807, 2.05) is 18.2 Å². The highest BCUT2D eigenvalue weighted by atomic mass is 35.5. The van der Waals surface area contributed by atoms with E-state index < -0.39 is 11.7 Å². The van der Waals surface area contributed by atoms with E-state index in [0.717, 1.165) is 50.8 Å². The molecule has 0 saturated heterocycles. The Kier molecular flexibility index (Phi) is 6.43. The van der Waals surface area contributed by atoms with Crippen LogP contribution >= 0.6 is 12.4 Å². The molecule has 1 fully saturated rings. The van der Waals surface area contributed by atoms with E-state index in [1.54, 1.807) is 12.1 Å². The molecule has 0 radical (unpaired) electrons. The lowest BCUT2D eigenvalue weighted by Crippen LogP contribution is -2.15. The van der Waals surface area contributed by atoms with Gasteiger partial charge in [-0.25, -0.2) is 0 Å². The second-order valence-electron chi connectivity index (χ2n) is 7.54. The Morgan fingerprint density at radius 3 is 2.54 bits per heavy atom. The van der Waals surface area contributed by atoms with Crippen LogP contribution in [0.1, 0.15) is 60.3 Å². The molecular formula is C22H25ClF3NO. The summed E-state index contributed by atoms with van der Waals surface area (Å²) in [4.78, 5) is 0. The first-order chi connectivity index (χ1) is 13.0. The van der Waals surface area contributed by atoms with E-state index in [1.165, 1.54) is 11.6 Å². The SMILES string of the molecule is Cl.FC(F)(F)c1cc(COc2ccc3c(c2)CCN3)ccc1C1CCCCC1. The molecule has 0 atom stereocenters. The molecule has 0 aromatic heterocycles. The number of hydrogen-bond donors (Lipinski definition) is 1. The summed E-state index contributed by atoms with van der Waals surface area (Å²) in [6.45, 7) is 1.05. The third kappa shape index (κ3) is 4.57. The van der Waals surface area contributed by atoms with E-state index in [2.05, 4.69) is 5.32 Å². The molecule has 1 heterocycles. The van der Waals surface area contributed by atoms with Crippen molar-refractivity contribution in [3.8, 4) is 5.75 Å². The van der Waals surface area contributed by atoms with Gasteiger partial charge in [0, 0.05) is 12.2 Å². The molecule has 1 aliphatic heterocycles. The van der Waals surface area contributed by atoms with E-state index in [9.17, 15) is 13.2 Å². The fraction of sp³-hybridized carbons (Fsp3) is 0.455. The molecule has 0 unspecified atom stereocenters. The van der Waals surface area contributed by atoms with Gasteiger partial charge in [-0.2, -0.15) is 13.2 Å². The van der Waals surface area contributed by atoms with Gasteiger partial charge >= 0.3 is 6.18 Å². The van der Waals surface area contributed by atoms with Gasteiger partial charge in [0.15, 0.2) is 0 Å². The monoisotopic (exact) mass is 411 g/mol. The number of fused-ring (bicyclic) bond motifs is 1. The lowest BCUT2D eigenvalue weighted by molar-refractivity contribution is -0.138. The summed E-state index contributed by atoms with van der Waals surface area (Å²) >= 11 is 0. The quantitative estimate of drug-likeness (QED) is 0.602. The number of benzene rings is 2. The molecule has 1 N–H and O–H groups in total. The molecule has 4 rings (SSSR count). The molecule has 0 spiro atoms. The largest absolute Gasteiger partial charge is 0.489 e. The second kappa shape index (κ2) is 8.64. The Hall–Kier alpha value is -1.88. The van der Waals surface area contributed by atoms with Gasteiger partial charge in [0.2, 0.25) is 0 Å². The topological polar surface area (TPSA) is 21.3 Å². The first-order valence-electron chi connectivity index (χ1n) is 9.70. The van der Waals surface area contributed by atoms with Crippen molar-refractivity contribution in [1.82, 2.24) is 0 Å². The molecule has 0 amide bonds. The van der Waals surface area contributed by atoms with Crippen LogP contribution in [0.5, 0.6) is 5.75 Å². The van der Waals surface area contributed by atoms with Gasteiger partial charge in [-0.15, -0.1) is 12.4 Å². The van der Waals surface area contributed by atoms with E-state index in [-0.39, 0.29) is 24.9 Å². The average molecular weight is 412 g/mol. The number of alkyl halides is 3. The van der Waals surface area contributed by atoms with Crippen molar-refractivity contribution < 1.29 is 17.9 Å². The van der Waals surface area contributed by atoms with Crippen LogP contribution in [0.3, 0.4) is 0 Å². The van der Waals surface area contributed by atoms with Crippen LogP contribution in [0.2, 0.25) is 0 Å². The molecule has 28 heavy (non-hydrogen) atoms. The van der Waals surface area contributed by atoms with Gasteiger partial charge in [0.1, 0.15) is 12.4 Å². The van der Waals surface area contributed by atoms with Crippen LogP contribution in [-0.4, -0.2) is 6.54 Å². The lowest BCUT2D eigenvalue weighted by Gasteiger charge is -2.25. The number of hydrogen-bond acceptors (Lipinski definition) is 2. The second-order valence-corrected chi connectivity index (χ2v) is 7.54. The van der Waals surface area contributed by atoms with Crippen molar-refractivity contribution in [3.63, 3.8) is 0 Å². The Morgan fingerprint density at radius 2 is 1.79 bits per heavy atom. The molecule has 152 valence electrons. The van der Waals surface area contributed by atoms with Gasteiger partial charge < -0.3 is 10.1 Å². The highest BCUT2D eigenvalue weighted by Gasteiger charge is 2.35. The van der Waals surface area contributed by atoms with Crippen LogP contribution in [0.25, 0.3) is 0 Å². The zero-order valence-corrected chi connectivity index (χ0v) is 16.5. The molecule has 1 saturated carbocycles. The maximum absolute atomic E-state index is 13.6. The third-order valence-corrected chi connectivity index (χ3v) is 5.66. The molecular weight excluding hydrogens is 387 g/mol. The van der Waals surface area contributed by atoms with Gasteiger partial charge in [0.05, 0.1) is 5.56 Å². The highest BCUT2D eigenvalue weighted by molar-refractivity contribution is 5.85. The Bertz CT molecular complexity index is 816. The molecule has 2 aromatic rings. The zero-order valence-electron chi connectivity index (χ0n) is 15.6. The Morgan fingerprint density at radius 1 is 1.00 bits per heavy atom. The number of ether oxygens (including phenoxy) is 1. The highest BCUT2D eigenvalue weighted by Crippen LogP contribution is 2.41. The van der Waals surface area contributed by atoms with Crippen molar-refractivity contribution >= 4 is 18.1 Å². The smallest absolute Gasteiger partial charge is 0.416 e. The molecule has 6 heteroatoms. The van der Waals surface area contributed by atoms with Crippen molar-refractivity contribution in [3.05, 3.63) is 58.7 Å². The Labute approximate surface area is 169 Å². The molecule has 1 aliphatic carbocycles. The fourth-order valence-corrected chi connectivity index (χ4v) is 4.25. The summed E-state index contributed by atoms with van der Waals surface area (Å²) in [7, 11) is 0. The summed E-state index contributed by atoms with van der Waals surface area (Å²) < 4.78 is 46.7. The number of anilines is 1. The van der Waals surface area contributed by atoms with Crippen LogP contribution in [0.15, 0.2) is 36.4 Å². The minimum atomic E-state index is -4.33. The molecule has 0 bridgehead atoms. The van der Waals surface area contributed by atoms with Crippen LogP contribution in [0.4, 0.5) is 18.9 Å². The first kappa shape index (κ1) is 20.8. The normalized spacial score (nSPS) is 16.8. The summed E-state index contributed by atoms with van der Waals surface area (Å²) in [5.74, 6) is 0.719. The van der Waals surface area contributed by atoms with E-state index >= 15 is 0 Å². The molecule has 2 nitrogen and oxygen atoms in total. The predicted molar refractivity (Wildman–Crippen MR) is 107 cm³/mol. The zero-order chi connectivity index (χ0) is 18.9. The number of halogens is 4. The number of nitrogens with one attached hydrogen (secondary N) is 1. The summed E-state index contributed by atoms with van der Waals surface area (Å²) in [5, 5.41) is 3.28. The van der Waals surface area contributed by atoms with Crippen molar-refractivity contribution in [2.24, 2.45) is 0 Å². The Balaban J connectivity index is 0.00000225. The first-order valence-corrected chi connectivity index (χ1v) is 9.70. The fourth-order valence-electron chi connectivity index (χ4n) is 4.25. The van der Waals surface area contributed by atoms with E-state index in [4.69, 9.17) is 4.74 Å².